The first-order valence-corrected chi connectivity index (χ1v) is 8.84. The van der Waals surface area contributed by atoms with Gasteiger partial charge in [0.2, 0.25) is 10.0 Å². The number of non-ortho nitro benzene ring substituents is 1. The van der Waals surface area contributed by atoms with Gasteiger partial charge in [0.25, 0.3) is 5.69 Å². The third-order valence-electron chi connectivity index (χ3n) is 3.27. The molecule has 0 bridgehead atoms. The summed E-state index contributed by atoms with van der Waals surface area (Å²) in [6.45, 7) is 1.78. The predicted molar refractivity (Wildman–Crippen MR) is 91.4 cm³/mol. The smallest absolute Gasteiger partial charge is 0.269 e. The van der Waals surface area contributed by atoms with Crippen molar-refractivity contribution in [2.45, 2.75) is 17.9 Å². The molecule has 0 saturated carbocycles. The van der Waals surface area contributed by atoms with Crippen molar-refractivity contribution in [1.82, 2.24) is 4.72 Å². The van der Waals surface area contributed by atoms with Gasteiger partial charge in [0, 0.05) is 12.1 Å². The van der Waals surface area contributed by atoms with Gasteiger partial charge in [-0.3, -0.25) is 10.1 Å². The lowest BCUT2D eigenvalue weighted by Gasteiger charge is -2.15. The number of nitro groups is 1. The molecular weight excluding hydrogens is 348 g/mol. The lowest BCUT2D eigenvalue weighted by molar-refractivity contribution is -0.384. The van der Waals surface area contributed by atoms with Crippen molar-refractivity contribution in [3.05, 3.63) is 58.6 Å². The van der Waals surface area contributed by atoms with Crippen LogP contribution in [0.15, 0.2) is 53.4 Å². The molecule has 2 rings (SSSR count). The zero-order valence-electron chi connectivity index (χ0n) is 13.7. The Bertz CT molecular complexity index is 819. The molecule has 0 aliphatic rings. The van der Waals surface area contributed by atoms with Gasteiger partial charge in [-0.2, -0.15) is 0 Å². The normalized spacial score (nSPS) is 12.4. The molecule has 1 atom stereocenters. The topological polar surface area (TPSA) is 108 Å². The highest BCUT2D eigenvalue weighted by Gasteiger charge is 2.19. The van der Waals surface area contributed by atoms with Crippen LogP contribution in [0.3, 0.4) is 0 Å². The second kappa shape index (κ2) is 7.95. The Balaban J connectivity index is 1.95. The number of ether oxygens (including phenoxy) is 2. The summed E-state index contributed by atoms with van der Waals surface area (Å²) in [5.41, 5.74) is -0.171. The average molecular weight is 366 g/mol. The maximum absolute atomic E-state index is 12.3. The van der Waals surface area contributed by atoms with E-state index in [2.05, 4.69) is 4.72 Å². The maximum Gasteiger partial charge on any atom is 0.269 e. The highest BCUT2D eigenvalue weighted by Crippen LogP contribution is 2.18. The van der Waals surface area contributed by atoms with Gasteiger partial charge in [-0.1, -0.05) is 0 Å². The summed E-state index contributed by atoms with van der Waals surface area (Å²) in [4.78, 5) is 9.98. The Kier molecular flexibility index (Phi) is 5.94. The van der Waals surface area contributed by atoms with Gasteiger partial charge in [-0.25, -0.2) is 13.1 Å². The Labute approximate surface area is 145 Å². The summed E-state index contributed by atoms with van der Waals surface area (Å²) in [5, 5.41) is 10.6. The number of nitro benzene ring substituents is 1. The molecule has 2 aromatic carbocycles. The molecule has 2 aromatic rings. The third-order valence-corrected chi connectivity index (χ3v) is 4.88. The summed E-state index contributed by atoms with van der Waals surface area (Å²) in [7, 11) is -2.23. The molecule has 0 fully saturated rings. The molecule has 1 N–H and O–H groups in total. The molecule has 25 heavy (non-hydrogen) atoms. The number of hydrogen-bond donors (Lipinski definition) is 1. The van der Waals surface area contributed by atoms with Crippen molar-refractivity contribution in [3.63, 3.8) is 0 Å². The van der Waals surface area contributed by atoms with E-state index in [-0.39, 0.29) is 17.2 Å². The summed E-state index contributed by atoms with van der Waals surface area (Å²) in [6.07, 6.45) is 0. The SMILES string of the molecule is COc1ccc(OC[C@@H](C)NS(=O)(=O)c2ccc([N+](=O)[O-])cc2)cc1. The number of benzene rings is 2. The van der Waals surface area contributed by atoms with Gasteiger partial charge in [-0.15, -0.1) is 0 Å². The Morgan fingerprint density at radius 3 is 2.16 bits per heavy atom. The first-order chi connectivity index (χ1) is 11.8. The van der Waals surface area contributed by atoms with Crippen LogP contribution in [0.2, 0.25) is 0 Å². The molecule has 0 aliphatic heterocycles. The molecule has 0 spiro atoms. The zero-order chi connectivity index (χ0) is 18.4. The number of nitrogens with zero attached hydrogens (tertiary/aromatic N) is 1. The van der Waals surface area contributed by atoms with E-state index in [0.29, 0.717) is 11.5 Å². The van der Waals surface area contributed by atoms with Crippen LogP contribution in [-0.4, -0.2) is 33.1 Å². The van der Waals surface area contributed by atoms with Crippen LogP contribution >= 0.6 is 0 Å². The van der Waals surface area contributed by atoms with Crippen molar-refractivity contribution >= 4 is 15.7 Å². The van der Waals surface area contributed by atoms with Gasteiger partial charge in [-0.05, 0) is 43.3 Å². The van der Waals surface area contributed by atoms with E-state index in [1.807, 2.05) is 0 Å². The van der Waals surface area contributed by atoms with Crippen LogP contribution < -0.4 is 14.2 Å². The molecule has 0 saturated heterocycles. The largest absolute Gasteiger partial charge is 0.497 e. The Morgan fingerprint density at radius 2 is 1.64 bits per heavy atom. The van der Waals surface area contributed by atoms with Gasteiger partial charge in [0.1, 0.15) is 18.1 Å². The van der Waals surface area contributed by atoms with E-state index in [0.717, 1.165) is 12.1 Å². The highest BCUT2D eigenvalue weighted by molar-refractivity contribution is 7.89. The quantitative estimate of drug-likeness (QED) is 0.567. The molecule has 134 valence electrons. The van der Waals surface area contributed by atoms with Gasteiger partial charge >= 0.3 is 0 Å². The molecule has 8 nitrogen and oxygen atoms in total. The minimum Gasteiger partial charge on any atom is -0.497 e. The number of hydrogen-bond acceptors (Lipinski definition) is 6. The van der Waals surface area contributed by atoms with Crippen LogP contribution in [0, 0.1) is 10.1 Å². The fraction of sp³-hybridized carbons (Fsp3) is 0.250. The van der Waals surface area contributed by atoms with Crippen LogP contribution in [0.5, 0.6) is 11.5 Å². The summed E-state index contributed by atoms with van der Waals surface area (Å²) in [6, 6.07) is 11.1. The van der Waals surface area contributed by atoms with Crippen molar-refractivity contribution in [3.8, 4) is 11.5 Å². The standard InChI is InChI=1S/C16H18N2O6S/c1-12(11-24-15-7-5-14(23-2)6-8-15)17-25(21,22)16-9-3-13(4-10-16)18(19)20/h3-10,12,17H,11H2,1-2H3/t12-/m1/s1. The number of sulfonamides is 1. The first kappa shape index (κ1) is 18.7. The minimum atomic E-state index is -3.79. The van der Waals surface area contributed by atoms with E-state index in [9.17, 15) is 18.5 Å². The fourth-order valence-corrected chi connectivity index (χ4v) is 3.24. The van der Waals surface area contributed by atoms with Crippen LogP contribution in [-0.2, 0) is 10.0 Å². The lowest BCUT2D eigenvalue weighted by Crippen LogP contribution is -2.36. The Hall–Kier alpha value is -2.65. The van der Waals surface area contributed by atoms with Gasteiger partial charge in [0.05, 0.1) is 23.0 Å². The summed E-state index contributed by atoms with van der Waals surface area (Å²) < 4.78 is 37.6. The van der Waals surface area contributed by atoms with Crippen molar-refractivity contribution in [2.75, 3.05) is 13.7 Å². The fourth-order valence-electron chi connectivity index (χ4n) is 2.01. The van der Waals surface area contributed by atoms with E-state index in [1.165, 1.54) is 12.1 Å². The molecule has 0 unspecified atom stereocenters. The van der Waals surface area contributed by atoms with Crippen LogP contribution in [0.1, 0.15) is 6.92 Å². The molecule has 0 aromatic heterocycles. The molecule has 0 aliphatic carbocycles. The first-order valence-electron chi connectivity index (χ1n) is 7.35. The van der Waals surface area contributed by atoms with Crippen molar-refractivity contribution < 1.29 is 22.8 Å². The number of rotatable bonds is 8. The van der Waals surface area contributed by atoms with Crippen molar-refractivity contribution in [1.29, 1.82) is 0 Å². The zero-order valence-corrected chi connectivity index (χ0v) is 14.5. The molecule has 9 heteroatoms. The second-order valence-corrected chi connectivity index (χ2v) is 6.97. The monoisotopic (exact) mass is 366 g/mol. The third kappa shape index (κ3) is 5.16. The van der Waals surface area contributed by atoms with E-state index < -0.39 is 21.0 Å². The van der Waals surface area contributed by atoms with Gasteiger partial charge < -0.3 is 9.47 Å². The van der Waals surface area contributed by atoms with Gasteiger partial charge in [0.15, 0.2) is 0 Å². The lowest BCUT2D eigenvalue weighted by atomic mass is 10.3. The van der Waals surface area contributed by atoms with Crippen LogP contribution in [0.25, 0.3) is 0 Å². The van der Waals surface area contributed by atoms with Crippen molar-refractivity contribution in [2.24, 2.45) is 0 Å². The summed E-state index contributed by atoms with van der Waals surface area (Å²) in [5.74, 6) is 1.28. The predicted octanol–water partition coefficient (Wildman–Crippen LogP) is 2.35. The Morgan fingerprint density at radius 1 is 1.08 bits per heavy atom. The molecule has 0 heterocycles. The van der Waals surface area contributed by atoms with E-state index in [1.54, 1.807) is 38.3 Å². The van der Waals surface area contributed by atoms with Crippen LogP contribution in [0.4, 0.5) is 5.69 Å². The molecule has 0 amide bonds. The highest BCUT2D eigenvalue weighted by atomic mass is 32.2. The minimum absolute atomic E-state index is 0.0469. The molecule has 0 radical (unpaired) electrons. The molecular formula is C16H18N2O6S. The maximum atomic E-state index is 12.3. The second-order valence-electron chi connectivity index (χ2n) is 5.26. The van der Waals surface area contributed by atoms with E-state index >= 15 is 0 Å². The average Bonchev–Trinajstić information content (AvgIpc) is 2.60. The van der Waals surface area contributed by atoms with E-state index in [4.69, 9.17) is 9.47 Å². The number of methoxy groups -OCH3 is 1. The number of nitrogens with one attached hydrogen (secondary N) is 1. The summed E-state index contributed by atoms with van der Waals surface area (Å²) >= 11 is 0.